The lowest BCUT2D eigenvalue weighted by molar-refractivity contribution is 0.0569. The summed E-state index contributed by atoms with van der Waals surface area (Å²) in [7, 11) is 0. The number of hydrogen-bond acceptors (Lipinski definition) is 3. The summed E-state index contributed by atoms with van der Waals surface area (Å²) in [5.74, 6) is -0.468. The van der Waals surface area contributed by atoms with E-state index in [4.69, 9.17) is 16.0 Å². The van der Waals surface area contributed by atoms with Gasteiger partial charge in [0.1, 0.15) is 17.4 Å². The van der Waals surface area contributed by atoms with E-state index in [9.17, 15) is 9.18 Å². The molecule has 128 valence electrons. The molecular formula is C19H16ClFN2O2. The van der Waals surface area contributed by atoms with Gasteiger partial charge in [0.15, 0.2) is 5.58 Å². The summed E-state index contributed by atoms with van der Waals surface area (Å²) in [4.78, 5) is 19.1. The zero-order valence-electron chi connectivity index (χ0n) is 13.4. The molecule has 0 N–H and O–H groups in total. The van der Waals surface area contributed by atoms with Crippen molar-refractivity contribution in [3.63, 3.8) is 0 Å². The largest absolute Gasteiger partial charge is 0.438 e. The average molecular weight is 359 g/mol. The molecule has 1 atom stereocenters. The summed E-state index contributed by atoms with van der Waals surface area (Å²) in [6.07, 6.45) is 2.59. The lowest BCUT2D eigenvalue weighted by atomic mass is 10.0. The quantitative estimate of drug-likeness (QED) is 0.648. The molecule has 0 aliphatic carbocycles. The predicted molar refractivity (Wildman–Crippen MR) is 93.0 cm³/mol. The van der Waals surface area contributed by atoms with Gasteiger partial charge in [-0.1, -0.05) is 23.7 Å². The molecule has 0 unspecified atom stereocenters. The van der Waals surface area contributed by atoms with Gasteiger partial charge in [-0.2, -0.15) is 0 Å². The lowest BCUT2D eigenvalue weighted by Crippen LogP contribution is -2.39. The first-order valence-electron chi connectivity index (χ1n) is 8.25. The number of hydrogen-bond donors (Lipinski definition) is 0. The number of nitrogens with zero attached hydrogens (tertiary/aromatic N) is 2. The summed E-state index contributed by atoms with van der Waals surface area (Å²) < 4.78 is 20.0. The average Bonchev–Trinajstić information content (AvgIpc) is 3.05. The molecule has 3 aromatic rings. The molecule has 1 aliphatic heterocycles. The molecule has 1 amide bonds. The minimum atomic E-state index is -0.612. The fraction of sp³-hybridized carbons (Fsp3) is 0.263. The molecule has 4 nitrogen and oxygen atoms in total. The second kappa shape index (κ2) is 6.48. The molecule has 0 saturated carbocycles. The van der Waals surface area contributed by atoms with Crippen molar-refractivity contribution in [2.45, 2.75) is 25.3 Å². The van der Waals surface area contributed by atoms with Gasteiger partial charge in [0.25, 0.3) is 5.91 Å². The Morgan fingerprint density at radius 3 is 2.88 bits per heavy atom. The molecule has 2 aromatic carbocycles. The van der Waals surface area contributed by atoms with Crippen molar-refractivity contribution >= 4 is 28.6 Å². The van der Waals surface area contributed by atoms with E-state index in [1.165, 1.54) is 12.1 Å². The molecule has 1 fully saturated rings. The van der Waals surface area contributed by atoms with Gasteiger partial charge in [-0.25, -0.2) is 9.37 Å². The monoisotopic (exact) mass is 358 g/mol. The zero-order chi connectivity index (χ0) is 17.4. The standard InChI is InChI=1S/C19H16ClFN2O2/c20-12-8-9-13(14(21)11-12)19(24)23-10-4-3-6-16(23)18-22-15-5-1-2-7-17(15)25-18/h1-2,5,7-9,11,16H,3-4,6,10H2/t16-/m0/s1. The number of para-hydroxylation sites is 2. The smallest absolute Gasteiger partial charge is 0.257 e. The minimum Gasteiger partial charge on any atom is -0.438 e. The molecule has 0 radical (unpaired) electrons. The number of carbonyl (C=O) groups excluding carboxylic acids is 1. The maximum absolute atomic E-state index is 14.2. The van der Waals surface area contributed by atoms with Crippen molar-refractivity contribution < 1.29 is 13.6 Å². The van der Waals surface area contributed by atoms with Crippen LogP contribution in [0.15, 0.2) is 46.9 Å². The first-order valence-corrected chi connectivity index (χ1v) is 8.63. The number of aromatic nitrogens is 1. The Labute approximate surface area is 149 Å². The molecule has 2 heterocycles. The van der Waals surface area contributed by atoms with Gasteiger partial charge in [-0.05, 0) is 49.6 Å². The molecule has 25 heavy (non-hydrogen) atoms. The van der Waals surface area contributed by atoms with Crippen molar-refractivity contribution in [2.24, 2.45) is 0 Å². The zero-order valence-corrected chi connectivity index (χ0v) is 14.2. The Morgan fingerprint density at radius 1 is 1.24 bits per heavy atom. The Morgan fingerprint density at radius 2 is 2.08 bits per heavy atom. The summed E-state index contributed by atoms with van der Waals surface area (Å²) in [5, 5.41) is 0.267. The number of halogens is 2. The fourth-order valence-electron chi connectivity index (χ4n) is 3.28. The first kappa shape index (κ1) is 16.1. The minimum absolute atomic E-state index is 0.0208. The van der Waals surface area contributed by atoms with E-state index >= 15 is 0 Å². The molecule has 4 rings (SSSR count). The van der Waals surface area contributed by atoms with E-state index in [1.54, 1.807) is 4.90 Å². The number of fused-ring (bicyclic) bond motifs is 1. The van der Waals surface area contributed by atoms with Gasteiger partial charge in [0, 0.05) is 11.6 Å². The van der Waals surface area contributed by atoms with Crippen molar-refractivity contribution in [1.29, 1.82) is 0 Å². The maximum atomic E-state index is 14.2. The SMILES string of the molecule is O=C(c1ccc(Cl)cc1F)N1CCCC[C@H]1c1nc2ccccc2o1. The topological polar surface area (TPSA) is 46.3 Å². The summed E-state index contributed by atoms with van der Waals surface area (Å²) in [6, 6.07) is 11.3. The molecule has 1 saturated heterocycles. The molecule has 6 heteroatoms. The second-order valence-corrected chi connectivity index (χ2v) is 6.59. The van der Waals surface area contributed by atoms with E-state index in [0.29, 0.717) is 18.0 Å². The third-order valence-electron chi connectivity index (χ3n) is 4.52. The fourth-order valence-corrected chi connectivity index (χ4v) is 3.44. The molecular weight excluding hydrogens is 343 g/mol. The third-order valence-corrected chi connectivity index (χ3v) is 4.76. The maximum Gasteiger partial charge on any atom is 0.257 e. The summed E-state index contributed by atoms with van der Waals surface area (Å²) in [6.45, 7) is 0.546. The number of likely N-dealkylation sites (tertiary alicyclic amines) is 1. The Hall–Kier alpha value is -2.40. The van der Waals surface area contributed by atoms with E-state index in [0.717, 1.165) is 30.8 Å². The van der Waals surface area contributed by atoms with Crippen molar-refractivity contribution in [2.75, 3.05) is 6.54 Å². The van der Waals surface area contributed by atoms with Gasteiger partial charge < -0.3 is 9.32 Å². The summed E-state index contributed by atoms with van der Waals surface area (Å²) in [5.41, 5.74) is 1.47. The highest BCUT2D eigenvalue weighted by Crippen LogP contribution is 2.33. The molecule has 1 aliphatic rings. The number of oxazole rings is 1. The van der Waals surface area contributed by atoms with Crippen molar-refractivity contribution in [3.8, 4) is 0 Å². The normalized spacial score (nSPS) is 17.8. The van der Waals surface area contributed by atoms with Crippen LogP contribution < -0.4 is 0 Å². The van der Waals surface area contributed by atoms with Crippen LogP contribution >= 0.6 is 11.6 Å². The van der Waals surface area contributed by atoms with Gasteiger partial charge in [-0.15, -0.1) is 0 Å². The highest BCUT2D eigenvalue weighted by Gasteiger charge is 2.33. The predicted octanol–water partition coefficient (Wildman–Crippen LogP) is 4.99. The van der Waals surface area contributed by atoms with Crippen LogP contribution in [-0.2, 0) is 0 Å². The van der Waals surface area contributed by atoms with E-state index < -0.39 is 5.82 Å². The number of rotatable bonds is 2. The van der Waals surface area contributed by atoms with Crippen LogP contribution in [0.4, 0.5) is 4.39 Å². The van der Waals surface area contributed by atoms with Crippen LogP contribution in [0.5, 0.6) is 0 Å². The Bertz CT molecular complexity index is 907. The number of benzene rings is 2. The Balaban J connectivity index is 1.70. The third kappa shape index (κ3) is 3.00. The summed E-state index contributed by atoms with van der Waals surface area (Å²) >= 11 is 5.79. The first-order chi connectivity index (χ1) is 12.1. The highest BCUT2D eigenvalue weighted by molar-refractivity contribution is 6.30. The Kier molecular flexibility index (Phi) is 4.17. The second-order valence-electron chi connectivity index (χ2n) is 6.15. The van der Waals surface area contributed by atoms with Crippen molar-refractivity contribution in [1.82, 2.24) is 9.88 Å². The number of piperidine rings is 1. The van der Waals surface area contributed by atoms with Crippen LogP contribution in [0.1, 0.15) is 41.6 Å². The van der Waals surface area contributed by atoms with Crippen molar-refractivity contribution in [3.05, 3.63) is 64.8 Å². The van der Waals surface area contributed by atoms with Crippen LogP contribution in [0.2, 0.25) is 5.02 Å². The van der Waals surface area contributed by atoms with E-state index in [2.05, 4.69) is 4.98 Å². The van der Waals surface area contributed by atoms with Crippen LogP contribution in [0, 0.1) is 5.82 Å². The van der Waals surface area contributed by atoms with Crippen LogP contribution in [0.25, 0.3) is 11.1 Å². The molecule has 1 aromatic heterocycles. The van der Waals surface area contributed by atoms with Gasteiger partial charge in [0.2, 0.25) is 5.89 Å². The lowest BCUT2D eigenvalue weighted by Gasteiger charge is -2.33. The molecule has 0 bridgehead atoms. The molecule has 0 spiro atoms. The van der Waals surface area contributed by atoms with Gasteiger partial charge in [0.05, 0.1) is 5.56 Å². The van der Waals surface area contributed by atoms with Gasteiger partial charge >= 0.3 is 0 Å². The highest BCUT2D eigenvalue weighted by atomic mass is 35.5. The van der Waals surface area contributed by atoms with E-state index in [1.807, 2.05) is 24.3 Å². The van der Waals surface area contributed by atoms with Crippen LogP contribution in [0.3, 0.4) is 0 Å². The van der Waals surface area contributed by atoms with Gasteiger partial charge in [-0.3, -0.25) is 4.79 Å². The number of amides is 1. The van der Waals surface area contributed by atoms with Crippen LogP contribution in [-0.4, -0.2) is 22.3 Å². The number of carbonyl (C=O) groups is 1. The van der Waals surface area contributed by atoms with E-state index in [-0.39, 0.29) is 22.5 Å².